The zero-order chi connectivity index (χ0) is 12.7. The fourth-order valence-corrected chi connectivity index (χ4v) is 2.84. The minimum atomic E-state index is -0.991. The Balaban J connectivity index is 2.24. The normalized spacial score (nSPS) is 13.5. The predicted molar refractivity (Wildman–Crippen MR) is 74.2 cm³/mol. The Morgan fingerprint density at radius 1 is 0.889 bits per heavy atom. The van der Waals surface area contributed by atoms with Crippen molar-refractivity contribution in [3.8, 4) is 11.1 Å². The molecule has 1 aliphatic carbocycles. The Labute approximate surface area is 115 Å². The number of hydrogen-bond acceptors (Lipinski definition) is 1. The zero-order valence-electron chi connectivity index (χ0n) is 9.44. The van der Waals surface area contributed by atoms with Gasteiger partial charge in [0.05, 0.1) is 5.92 Å². The SMILES string of the molecule is O=C(C(Cl)Cl)C1c2ccccc2-c2ccccc21. The molecule has 1 aliphatic rings. The molecule has 0 heterocycles. The number of hydrogen-bond donors (Lipinski definition) is 0. The molecule has 2 aromatic rings. The van der Waals surface area contributed by atoms with Crippen LogP contribution in [0.2, 0.25) is 0 Å². The molecule has 0 saturated carbocycles. The van der Waals surface area contributed by atoms with Crippen LogP contribution >= 0.6 is 23.2 Å². The second kappa shape index (κ2) is 4.42. The maximum Gasteiger partial charge on any atom is 0.177 e. The fourth-order valence-electron chi connectivity index (χ4n) is 2.59. The number of benzene rings is 2. The molecule has 0 bridgehead atoms. The first-order valence-corrected chi connectivity index (χ1v) is 6.57. The third-order valence-electron chi connectivity index (χ3n) is 3.33. The fraction of sp³-hybridized carbons (Fsp3) is 0.133. The summed E-state index contributed by atoms with van der Waals surface area (Å²) in [6, 6.07) is 15.8. The molecule has 0 saturated heterocycles. The van der Waals surface area contributed by atoms with Gasteiger partial charge in [-0.25, -0.2) is 0 Å². The van der Waals surface area contributed by atoms with Gasteiger partial charge in [-0.1, -0.05) is 71.7 Å². The van der Waals surface area contributed by atoms with Crippen molar-refractivity contribution < 1.29 is 4.79 Å². The average Bonchev–Trinajstić information content (AvgIpc) is 2.72. The van der Waals surface area contributed by atoms with Gasteiger partial charge in [0.15, 0.2) is 10.6 Å². The Morgan fingerprint density at radius 3 is 1.78 bits per heavy atom. The van der Waals surface area contributed by atoms with Gasteiger partial charge in [-0.15, -0.1) is 0 Å². The molecule has 0 aliphatic heterocycles. The van der Waals surface area contributed by atoms with E-state index in [1.165, 1.54) is 0 Å². The highest BCUT2D eigenvalue weighted by Crippen LogP contribution is 2.45. The average molecular weight is 277 g/mol. The van der Waals surface area contributed by atoms with Gasteiger partial charge in [0.25, 0.3) is 0 Å². The van der Waals surface area contributed by atoms with Gasteiger partial charge in [0, 0.05) is 0 Å². The molecule has 0 N–H and O–H groups in total. The third kappa shape index (κ3) is 1.66. The Hall–Kier alpha value is -1.31. The maximum absolute atomic E-state index is 12.2. The van der Waals surface area contributed by atoms with Crippen molar-refractivity contribution in [3.63, 3.8) is 0 Å². The lowest BCUT2D eigenvalue weighted by Crippen LogP contribution is -2.17. The van der Waals surface area contributed by atoms with E-state index in [1.54, 1.807) is 0 Å². The summed E-state index contributed by atoms with van der Waals surface area (Å²) in [6.07, 6.45) is 0. The Kier molecular flexibility index (Phi) is 2.89. The van der Waals surface area contributed by atoms with Crippen molar-refractivity contribution in [1.29, 1.82) is 0 Å². The standard InChI is InChI=1S/C15H10Cl2O/c16-15(17)14(18)13-11-7-3-1-5-9(11)10-6-2-4-8-12(10)13/h1-8,13,15H. The van der Waals surface area contributed by atoms with Crippen molar-refractivity contribution in [1.82, 2.24) is 0 Å². The van der Waals surface area contributed by atoms with Gasteiger partial charge in [0.1, 0.15) is 0 Å². The molecule has 18 heavy (non-hydrogen) atoms. The molecule has 1 nitrogen and oxygen atoms in total. The first-order valence-electron chi connectivity index (χ1n) is 5.70. The first-order chi connectivity index (χ1) is 8.70. The van der Waals surface area contributed by atoms with E-state index in [-0.39, 0.29) is 11.7 Å². The predicted octanol–water partition coefficient (Wildman–Crippen LogP) is 4.17. The summed E-state index contributed by atoms with van der Waals surface area (Å²) in [7, 11) is 0. The first kappa shape index (κ1) is 11.8. The molecule has 0 unspecified atom stereocenters. The highest BCUT2D eigenvalue weighted by molar-refractivity contribution is 6.54. The summed E-state index contributed by atoms with van der Waals surface area (Å²) in [5, 5.41) is 0. The Bertz CT molecular complexity index is 574. The quantitative estimate of drug-likeness (QED) is 0.753. The number of halogens is 2. The summed E-state index contributed by atoms with van der Waals surface area (Å²) in [5.41, 5.74) is 4.19. The van der Waals surface area contributed by atoms with Gasteiger partial charge in [-0.05, 0) is 22.3 Å². The molecule has 3 rings (SSSR count). The summed E-state index contributed by atoms with van der Waals surface area (Å²) in [5.74, 6) is -0.492. The van der Waals surface area contributed by atoms with Crippen LogP contribution in [0.4, 0.5) is 0 Å². The lowest BCUT2D eigenvalue weighted by Gasteiger charge is -2.12. The number of carbonyl (C=O) groups is 1. The number of ketones is 1. The largest absolute Gasteiger partial charge is 0.296 e. The third-order valence-corrected chi connectivity index (χ3v) is 3.76. The van der Waals surface area contributed by atoms with Gasteiger partial charge in [-0.3, -0.25) is 4.79 Å². The number of alkyl halides is 2. The van der Waals surface area contributed by atoms with Crippen molar-refractivity contribution in [2.45, 2.75) is 10.8 Å². The second-order valence-electron chi connectivity index (χ2n) is 4.31. The summed E-state index contributed by atoms with van der Waals surface area (Å²) < 4.78 is 0. The van der Waals surface area contributed by atoms with Gasteiger partial charge >= 0.3 is 0 Å². The zero-order valence-corrected chi connectivity index (χ0v) is 10.9. The van der Waals surface area contributed by atoms with Crippen LogP contribution in [-0.4, -0.2) is 10.6 Å². The topological polar surface area (TPSA) is 17.1 Å². The van der Waals surface area contributed by atoms with E-state index in [9.17, 15) is 4.79 Å². The Morgan fingerprint density at radius 2 is 1.33 bits per heavy atom. The van der Waals surface area contributed by atoms with Crippen molar-refractivity contribution in [2.75, 3.05) is 0 Å². The molecule has 0 atom stereocenters. The van der Waals surface area contributed by atoms with Crippen molar-refractivity contribution >= 4 is 29.0 Å². The number of fused-ring (bicyclic) bond motifs is 3. The highest BCUT2D eigenvalue weighted by Gasteiger charge is 2.35. The van der Waals surface area contributed by atoms with E-state index in [0.29, 0.717) is 0 Å². The van der Waals surface area contributed by atoms with Crippen LogP contribution in [0.3, 0.4) is 0 Å². The monoisotopic (exact) mass is 276 g/mol. The van der Waals surface area contributed by atoms with Crippen molar-refractivity contribution in [3.05, 3.63) is 59.7 Å². The van der Waals surface area contributed by atoms with Crippen LogP contribution < -0.4 is 0 Å². The molecule has 3 heteroatoms. The number of Topliss-reactive ketones (excluding diaryl/α,β-unsaturated/α-hetero) is 1. The molecular formula is C15H10Cl2O. The molecule has 90 valence electrons. The molecule has 0 fully saturated rings. The van der Waals surface area contributed by atoms with E-state index < -0.39 is 4.84 Å². The van der Waals surface area contributed by atoms with E-state index in [2.05, 4.69) is 0 Å². The van der Waals surface area contributed by atoms with Gasteiger partial charge in [0.2, 0.25) is 0 Å². The molecular weight excluding hydrogens is 267 g/mol. The molecule has 2 aromatic carbocycles. The summed E-state index contributed by atoms with van der Waals surface area (Å²) in [6.45, 7) is 0. The maximum atomic E-state index is 12.2. The van der Waals surface area contributed by atoms with E-state index >= 15 is 0 Å². The summed E-state index contributed by atoms with van der Waals surface area (Å²) >= 11 is 11.5. The lowest BCUT2D eigenvalue weighted by atomic mass is 9.93. The minimum absolute atomic E-state index is 0.157. The molecule has 0 aromatic heterocycles. The summed E-state index contributed by atoms with van der Waals surface area (Å²) in [4.78, 5) is 11.2. The van der Waals surface area contributed by atoms with E-state index in [1.807, 2.05) is 48.5 Å². The minimum Gasteiger partial charge on any atom is -0.296 e. The number of carbonyl (C=O) groups excluding carboxylic acids is 1. The number of rotatable bonds is 2. The van der Waals surface area contributed by atoms with Crippen LogP contribution in [0.5, 0.6) is 0 Å². The van der Waals surface area contributed by atoms with Crippen LogP contribution in [-0.2, 0) is 4.79 Å². The van der Waals surface area contributed by atoms with Gasteiger partial charge in [-0.2, -0.15) is 0 Å². The smallest absolute Gasteiger partial charge is 0.177 e. The molecule has 0 spiro atoms. The lowest BCUT2D eigenvalue weighted by molar-refractivity contribution is -0.117. The highest BCUT2D eigenvalue weighted by atomic mass is 35.5. The van der Waals surface area contributed by atoms with Crippen LogP contribution in [0.15, 0.2) is 48.5 Å². The molecule has 0 amide bonds. The van der Waals surface area contributed by atoms with E-state index in [0.717, 1.165) is 22.3 Å². The van der Waals surface area contributed by atoms with Crippen molar-refractivity contribution in [2.24, 2.45) is 0 Å². The van der Waals surface area contributed by atoms with E-state index in [4.69, 9.17) is 23.2 Å². The van der Waals surface area contributed by atoms with Gasteiger partial charge < -0.3 is 0 Å². The molecule has 0 radical (unpaired) electrons. The van der Waals surface area contributed by atoms with Crippen LogP contribution in [0.25, 0.3) is 11.1 Å². The van der Waals surface area contributed by atoms with Crippen LogP contribution in [0.1, 0.15) is 17.0 Å². The second-order valence-corrected chi connectivity index (χ2v) is 5.41. The van der Waals surface area contributed by atoms with Crippen LogP contribution in [0, 0.1) is 0 Å².